The van der Waals surface area contributed by atoms with E-state index >= 15 is 0 Å². The second kappa shape index (κ2) is 13.4. The molecule has 2 amide bonds. The molecular weight excluding hydrogens is 572 g/mol. The fourth-order valence-corrected chi connectivity index (χ4v) is 3.80. The number of halogens is 2. The molecular formula is C29H30BrClN2O5. The quantitative estimate of drug-likeness (QED) is 0.235. The zero-order valence-corrected chi connectivity index (χ0v) is 23.8. The second-order valence-corrected chi connectivity index (χ2v) is 10.9. The van der Waals surface area contributed by atoms with Crippen LogP contribution in [-0.2, 0) is 24.5 Å². The molecule has 0 aliphatic heterocycles. The van der Waals surface area contributed by atoms with Crippen LogP contribution in [0.2, 0.25) is 5.02 Å². The molecule has 38 heavy (non-hydrogen) atoms. The van der Waals surface area contributed by atoms with Crippen LogP contribution >= 0.6 is 27.5 Å². The fourth-order valence-electron chi connectivity index (χ4n) is 3.37. The van der Waals surface area contributed by atoms with Crippen LogP contribution in [0, 0.1) is 0 Å². The second-order valence-electron chi connectivity index (χ2n) is 9.64. The zero-order chi connectivity index (χ0) is 27.7. The predicted octanol–water partition coefficient (Wildman–Crippen LogP) is 7.48. The molecule has 0 fully saturated rings. The largest absolute Gasteiger partial charge is 0.457 e. The van der Waals surface area contributed by atoms with Gasteiger partial charge in [0.15, 0.2) is 6.61 Å². The minimum Gasteiger partial charge on any atom is -0.457 e. The van der Waals surface area contributed by atoms with Crippen molar-refractivity contribution < 1.29 is 23.9 Å². The van der Waals surface area contributed by atoms with Crippen molar-refractivity contribution in [2.75, 3.05) is 17.2 Å². The Morgan fingerprint density at radius 2 is 1.39 bits per heavy atom. The van der Waals surface area contributed by atoms with Crippen molar-refractivity contribution in [1.82, 2.24) is 0 Å². The highest BCUT2D eigenvalue weighted by molar-refractivity contribution is 9.10. The average Bonchev–Trinajstić information content (AvgIpc) is 2.86. The number of amides is 2. The fraction of sp³-hybridized carbons (Fsp3) is 0.276. The summed E-state index contributed by atoms with van der Waals surface area (Å²) in [6.07, 6.45) is 0.447. The third kappa shape index (κ3) is 9.50. The van der Waals surface area contributed by atoms with E-state index in [1.807, 2.05) is 12.1 Å². The topological polar surface area (TPSA) is 93.7 Å². The van der Waals surface area contributed by atoms with Crippen LogP contribution in [0.3, 0.4) is 0 Å². The summed E-state index contributed by atoms with van der Waals surface area (Å²) in [5, 5.41) is 5.84. The maximum Gasteiger partial charge on any atom is 0.306 e. The lowest BCUT2D eigenvalue weighted by molar-refractivity contribution is -0.147. The maximum atomic E-state index is 12.2. The monoisotopic (exact) mass is 600 g/mol. The van der Waals surface area contributed by atoms with Gasteiger partial charge in [-0.15, -0.1) is 0 Å². The highest BCUT2D eigenvalue weighted by Gasteiger charge is 2.13. The molecule has 3 aromatic rings. The van der Waals surface area contributed by atoms with E-state index in [1.165, 1.54) is 5.56 Å². The molecule has 0 spiro atoms. The van der Waals surface area contributed by atoms with Gasteiger partial charge in [0, 0.05) is 28.7 Å². The Labute approximate surface area is 236 Å². The van der Waals surface area contributed by atoms with Gasteiger partial charge in [0.25, 0.3) is 5.91 Å². The van der Waals surface area contributed by atoms with E-state index in [1.54, 1.807) is 42.5 Å². The maximum absolute atomic E-state index is 12.2. The average molecular weight is 602 g/mol. The normalized spacial score (nSPS) is 11.0. The Kier molecular flexibility index (Phi) is 10.3. The number of hydrogen-bond acceptors (Lipinski definition) is 5. The molecule has 200 valence electrons. The first-order chi connectivity index (χ1) is 18.0. The van der Waals surface area contributed by atoms with E-state index in [4.69, 9.17) is 21.1 Å². The van der Waals surface area contributed by atoms with Gasteiger partial charge in [-0.1, -0.05) is 44.5 Å². The van der Waals surface area contributed by atoms with E-state index in [0.717, 1.165) is 5.75 Å². The van der Waals surface area contributed by atoms with E-state index in [-0.39, 0.29) is 24.2 Å². The van der Waals surface area contributed by atoms with Crippen LogP contribution in [-0.4, -0.2) is 24.4 Å². The molecule has 7 nitrogen and oxygen atoms in total. The molecule has 0 saturated heterocycles. The van der Waals surface area contributed by atoms with E-state index < -0.39 is 18.5 Å². The lowest BCUT2D eigenvalue weighted by atomic mass is 9.87. The number of esters is 1. The minimum absolute atomic E-state index is 0.0194. The van der Waals surface area contributed by atoms with E-state index in [9.17, 15) is 14.4 Å². The van der Waals surface area contributed by atoms with Crippen molar-refractivity contribution in [2.45, 2.75) is 45.4 Å². The minimum atomic E-state index is -0.557. The van der Waals surface area contributed by atoms with Gasteiger partial charge in [-0.25, -0.2) is 0 Å². The molecule has 9 heteroatoms. The Morgan fingerprint density at radius 3 is 2.00 bits per heavy atom. The summed E-state index contributed by atoms with van der Waals surface area (Å²) < 4.78 is 11.6. The molecule has 0 aliphatic carbocycles. The molecule has 0 radical (unpaired) electrons. The molecule has 0 aromatic heterocycles. The van der Waals surface area contributed by atoms with Gasteiger partial charge in [-0.05, 0) is 87.9 Å². The summed E-state index contributed by atoms with van der Waals surface area (Å²) in [5.41, 5.74) is 2.41. The molecule has 2 N–H and O–H groups in total. The molecule has 0 bridgehead atoms. The lowest BCUT2D eigenvalue weighted by Crippen LogP contribution is -2.21. The standard InChI is InChI=1S/C29H30BrClN2O5/c1-29(2,3)19-7-12-22(13-8-19)38-23-14-9-20(10-15-23)32-26(34)5-4-6-28(36)37-18-27(35)33-21-11-16-24(30)25(31)17-21/h7-17H,4-6,18H2,1-3H3,(H,32,34)(H,33,35). The van der Waals surface area contributed by atoms with Gasteiger partial charge in [-0.2, -0.15) is 0 Å². The van der Waals surface area contributed by atoms with Crippen molar-refractivity contribution in [2.24, 2.45) is 0 Å². The first-order valence-corrected chi connectivity index (χ1v) is 13.3. The highest BCUT2D eigenvalue weighted by atomic mass is 79.9. The number of carbonyl (C=O) groups is 3. The number of anilines is 2. The molecule has 3 aromatic carbocycles. The number of rotatable bonds is 10. The summed E-state index contributed by atoms with van der Waals surface area (Å²) in [7, 11) is 0. The number of carbonyl (C=O) groups excluding carboxylic acids is 3. The predicted molar refractivity (Wildman–Crippen MR) is 153 cm³/mol. The molecule has 0 saturated carbocycles. The Bertz CT molecular complexity index is 1270. The van der Waals surface area contributed by atoms with Crippen molar-refractivity contribution >= 4 is 56.7 Å². The summed E-state index contributed by atoms with van der Waals surface area (Å²) in [6, 6.07) is 20.0. The van der Waals surface area contributed by atoms with Crippen LogP contribution in [0.4, 0.5) is 11.4 Å². The van der Waals surface area contributed by atoms with Crippen LogP contribution in [0.15, 0.2) is 71.2 Å². The third-order valence-electron chi connectivity index (χ3n) is 5.45. The van der Waals surface area contributed by atoms with Gasteiger partial charge in [0.1, 0.15) is 11.5 Å². The Balaban J connectivity index is 1.34. The van der Waals surface area contributed by atoms with Crippen LogP contribution in [0.25, 0.3) is 0 Å². The highest BCUT2D eigenvalue weighted by Crippen LogP contribution is 2.28. The smallest absolute Gasteiger partial charge is 0.306 e. The first kappa shape index (κ1) is 29.2. The van der Waals surface area contributed by atoms with E-state index in [0.29, 0.717) is 33.0 Å². The van der Waals surface area contributed by atoms with Crippen molar-refractivity contribution in [3.63, 3.8) is 0 Å². The van der Waals surface area contributed by atoms with Crippen LogP contribution < -0.4 is 15.4 Å². The van der Waals surface area contributed by atoms with Crippen molar-refractivity contribution in [3.05, 3.63) is 81.8 Å². The van der Waals surface area contributed by atoms with Gasteiger partial charge >= 0.3 is 5.97 Å². The number of benzene rings is 3. The van der Waals surface area contributed by atoms with Gasteiger partial charge < -0.3 is 20.1 Å². The molecule has 3 rings (SSSR count). The summed E-state index contributed by atoms with van der Waals surface area (Å²) in [6.45, 7) is 6.05. The van der Waals surface area contributed by atoms with Crippen molar-refractivity contribution in [3.8, 4) is 11.5 Å². The summed E-state index contributed by atoms with van der Waals surface area (Å²) in [5.74, 6) is 0.120. The number of hydrogen-bond donors (Lipinski definition) is 2. The van der Waals surface area contributed by atoms with Crippen molar-refractivity contribution in [1.29, 1.82) is 0 Å². The lowest BCUT2D eigenvalue weighted by Gasteiger charge is -2.19. The first-order valence-electron chi connectivity index (χ1n) is 12.1. The van der Waals surface area contributed by atoms with Gasteiger partial charge in [0.2, 0.25) is 5.91 Å². The third-order valence-corrected chi connectivity index (χ3v) is 6.68. The number of ether oxygens (including phenoxy) is 2. The van der Waals surface area contributed by atoms with Crippen LogP contribution in [0.5, 0.6) is 11.5 Å². The SMILES string of the molecule is CC(C)(C)c1ccc(Oc2ccc(NC(=O)CCCC(=O)OCC(=O)Nc3ccc(Br)c(Cl)c3)cc2)cc1. The van der Waals surface area contributed by atoms with Gasteiger partial charge in [-0.3, -0.25) is 14.4 Å². The van der Waals surface area contributed by atoms with Crippen LogP contribution in [0.1, 0.15) is 45.6 Å². The Morgan fingerprint density at radius 1 is 0.816 bits per heavy atom. The summed E-state index contributed by atoms with van der Waals surface area (Å²) in [4.78, 5) is 36.1. The molecule has 0 unspecified atom stereocenters. The van der Waals surface area contributed by atoms with Gasteiger partial charge in [0.05, 0.1) is 5.02 Å². The zero-order valence-electron chi connectivity index (χ0n) is 21.5. The van der Waals surface area contributed by atoms with E-state index in [2.05, 4.69) is 59.5 Å². The summed E-state index contributed by atoms with van der Waals surface area (Å²) >= 11 is 9.26. The Hall–Kier alpha value is -3.36. The molecule has 0 atom stereocenters. The molecule has 0 aliphatic rings. The number of nitrogens with one attached hydrogen (secondary N) is 2. The molecule has 0 heterocycles.